The van der Waals surface area contributed by atoms with Gasteiger partial charge in [-0.3, -0.25) is 0 Å². The summed E-state index contributed by atoms with van der Waals surface area (Å²) in [6.07, 6.45) is 1.54. The first-order valence-corrected chi connectivity index (χ1v) is 3.59. The fourth-order valence-electron chi connectivity index (χ4n) is 1.08. The molecule has 1 aromatic rings. The Morgan fingerprint density at radius 2 is 2.55 bits per heavy atom. The van der Waals surface area contributed by atoms with Crippen LogP contribution >= 0.6 is 11.6 Å². The van der Waals surface area contributed by atoms with Crippen molar-refractivity contribution >= 4 is 24.2 Å². The zero-order chi connectivity index (χ0) is 7.84. The number of aromatic nitrogens is 1. The quantitative estimate of drug-likeness (QED) is 0.437. The van der Waals surface area contributed by atoms with Crippen molar-refractivity contribution in [1.82, 2.24) is 4.98 Å². The van der Waals surface area contributed by atoms with Gasteiger partial charge >= 0.3 is 7.12 Å². The normalized spacial score (nSPS) is 15.3. The smallest absolute Gasteiger partial charge is 0.423 e. The van der Waals surface area contributed by atoms with Gasteiger partial charge in [0, 0.05) is 11.7 Å². The second-order valence-electron chi connectivity index (χ2n) is 2.37. The Labute approximate surface area is 69.1 Å². The minimum Gasteiger partial charge on any atom is -0.423 e. The van der Waals surface area contributed by atoms with E-state index < -0.39 is 7.12 Å². The van der Waals surface area contributed by atoms with Crippen LogP contribution in [-0.2, 0) is 11.3 Å². The molecule has 1 N–H and O–H groups in total. The summed E-state index contributed by atoms with van der Waals surface area (Å²) in [4.78, 5) is 3.83. The van der Waals surface area contributed by atoms with Gasteiger partial charge in [-0.2, -0.15) is 0 Å². The predicted octanol–water partition coefficient (Wildman–Crippen LogP) is -0.0473. The van der Waals surface area contributed by atoms with Gasteiger partial charge in [-0.25, -0.2) is 4.98 Å². The zero-order valence-corrected chi connectivity index (χ0v) is 6.38. The molecule has 2 rings (SSSR count). The number of halogens is 1. The lowest BCUT2D eigenvalue weighted by atomic mass is 9.81. The summed E-state index contributed by atoms with van der Waals surface area (Å²) < 4.78 is 4.94. The molecule has 0 bridgehead atoms. The molecule has 11 heavy (non-hydrogen) atoms. The van der Waals surface area contributed by atoms with Gasteiger partial charge in [-0.05, 0) is 11.6 Å². The third-order valence-electron chi connectivity index (χ3n) is 1.65. The van der Waals surface area contributed by atoms with Crippen molar-refractivity contribution in [2.75, 3.05) is 0 Å². The molecule has 5 heteroatoms. The van der Waals surface area contributed by atoms with Gasteiger partial charge < -0.3 is 9.68 Å². The van der Waals surface area contributed by atoms with E-state index >= 15 is 0 Å². The van der Waals surface area contributed by atoms with Gasteiger partial charge in [0.05, 0.1) is 6.61 Å². The van der Waals surface area contributed by atoms with E-state index in [1.165, 1.54) is 6.20 Å². The van der Waals surface area contributed by atoms with Crippen molar-refractivity contribution in [1.29, 1.82) is 0 Å². The minimum absolute atomic E-state index is 0.415. The fraction of sp³-hybridized carbons (Fsp3) is 0.167. The van der Waals surface area contributed by atoms with E-state index in [1.54, 1.807) is 6.07 Å². The minimum atomic E-state index is -0.824. The summed E-state index contributed by atoms with van der Waals surface area (Å²) in [5.74, 6) is 0. The van der Waals surface area contributed by atoms with Crippen molar-refractivity contribution in [2.24, 2.45) is 0 Å². The summed E-state index contributed by atoms with van der Waals surface area (Å²) in [5, 5.41) is 9.60. The topological polar surface area (TPSA) is 42.4 Å². The van der Waals surface area contributed by atoms with Gasteiger partial charge in [-0.1, -0.05) is 11.6 Å². The number of hydrogen-bond acceptors (Lipinski definition) is 3. The Morgan fingerprint density at radius 1 is 1.73 bits per heavy atom. The maximum Gasteiger partial charge on any atom is 0.493 e. The lowest BCUT2D eigenvalue weighted by molar-refractivity contribution is 0.275. The van der Waals surface area contributed by atoms with Crippen molar-refractivity contribution in [2.45, 2.75) is 6.61 Å². The van der Waals surface area contributed by atoms with E-state index in [9.17, 15) is 0 Å². The standard InChI is InChI=1S/C6H5BClNO2/c8-6-1-4-3-11-7(10)5(4)2-9-6/h1-2,10H,3H2. The summed E-state index contributed by atoms with van der Waals surface area (Å²) in [6.45, 7) is 0.415. The van der Waals surface area contributed by atoms with Gasteiger partial charge in [0.25, 0.3) is 0 Å². The maximum atomic E-state index is 9.17. The first-order valence-electron chi connectivity index (χ1n) is 3.21. The van der Waals surface area contributed by atoms with Crippen LogP contribution in [0.5, 0.6) is 0 Å². The second kappa shape index (κ2) is 2.48. The Bertz CT molecular complexity index is 294. The van der Waals surface area contributed by atoms with Crippen LogP contribution < -0.4 is 5.46 Å². The number of nitrogens with zero attached hydrogens (tertiary/aromatic N) is 1. The van der Waals surface area contributed by atoms with E-state index in [0.29, 0.717) is 11.8 Å². The van der Waals surface area contributed by atoms with Crippen LogP contribution in [0.3, 0.4) is 0 Å². The molecule has 1 aliphatic heterocycles. The number of pyridine rings is 1. The molecule has 0 spiro atoms. The molecule has 0 saturated heterocycles. The molecule has 3 nitrogen and oxygen atoms in total. The average Bonchev–Trinajstić information content (AvgIpc) is 2.32. The molecule has 2 heterocycles. The summed E-state index contributed by atoms with van der Waals surface area (Å²) in [6, 6.07) is 1.70. The largest absolute Gasteiger partial charge is 0.493 e. The first-order chi connectivity index (χ1) is 5.27. The van der Waals surface area contributed by atoms with Gasteiger partial charge in [0.1, 0.15) is 5.15 Å². The molecule has 0 aliphatic carbocycles. The lowest BCUT2D eigenvalue weighted by Crippen LogP contribution is -2.28. The summed E-state index contributed by atoms with van der Waals surface area (Å²) in [7, 11) is -0.824. The Morgan fingerprint density at radius 3 is 3.36 bits per heavy atom. The van der Waals surface area contributed by atoms with Gasteiger partial charge in [0.2, 0.25) is 0 Å². The Kier molecular flexibility index (Phi) is 1.60. The average molecular weight is 169 g/mol. The molecule has 0 amide bonds. The SMILES string of the molecule is OB1OCc2cc(Cl)ncc21. The molecule has 0 fully saturated rings. The van der Waals surface area contributed by atoms with Crippen LogP contribution in [-0.4, -0.2) is 17.1 Å². The molecule has 0 aromatic carbocycles. The molecular formula is C6H5BClNO2. The van der Waals surface area contributed by atoms with Crippen molar-refractivity contribution in [3.8, 4) is 0 Å². The third-order valence-corrected chi connectivity index (χ3v) is 1.86. The van der Waals surface area contributed by atoms with E-state index in [0.717, 1.165) is 11.0 Å². The fourth-order valence-corrected chi connectivity index (χ4v) is 1.26. The van der Waals surface area contributed by atoms with Crippen LogP contribution in [0.2, 0.25) is 5.15 Å². The van der Waals surface area contributed by atoms with Gasteiger partial charge in [0.15, 0.2) is 0 Å². The third kappa shape index (κ3) is 1.13. The zero-order valence-electron chi connectivity index (χ0n) is 5.62. The van der Waals surface area contributed by atoms with E-state index in [1.807, 2.05) is 0 Å². The Hall–Kier alpha value is -0.575. The van der Waals surface area contributed by atoms with E-state index in [2.05, 4.69) is 4.98 Å². The van der Waals surface area contributed by atoms with Crippen molar-refractivity contribution in [3.63, 3.8) is 0 Å². The van der Waals surface area contributed by atoms with Crippen molar-refractivity contribution < 1.29 is 9.68 Å². The monoisotopic (exact) mass is 169 g/mol. The highest BCUT2D eigenvalue weighted by Crippen LogP contribution is 2.12. The molecular weight excluding hydrogens is 164 g/mol. The van der Waals surface area contributed by atoms with Gasteiger partial charge in [-0.15, -0.1) is 0 Å². The Balaban J connectivity index is 2.50. The van der Waals surface area contributed by atoms with Crippen LogP contribution in [0.25, 0.3) is 0 Å². The number of hydrogen-bond donors (Lipinski definition) is 1. The summed E-state index contributed by atoms with van der Waals surface area (Å²) >= 11 is 5.62. The van der Waals surface area contributed by atoms with E-state index in [-0.39, 0.29) is 0 Å². The lowest BCUT2D eigenvalue weighted by Gasteiger charge is -1.95. The van der Waals surface area contributed by atoms with Crippen LogP contribution in [0, 0.1) is 0 Å². The number of fused-ring (bicyclic) bond motifs is 1. The highest BCUT2D eigenvalue weighted by atomic mass is 35.5. The molecule has 1 aliphatic rings. The molecule has 0 radical (unpaired) electrons. The van der Waals surface area contributed by atoms with Crippen molar-refractivity contribution in [3.05, 3.63) is 23.0 Å². The molecule has 56 valence electrons. The van der Waals surface area contributed by atoms with E-state index in [4.69, 9.17) is 21.3 Å². The molecule has 0 saturated carbocycles. The van der Waals surface area contributed by atoms with Crippen LogP contribution in [0.1, 0.15) is 5.56 Å². The maximum absolute atomic E-state index is 9.17. The molecule has 0 atom stereocenters. The van der Waals surface area contributed by atoms with Crippen LogP contribution in [0.15, 0.2) is 12.3 Å². The summed E-state index contributed by atoms with van der Waals surface area (Å²) in [5.41, 5.74) is 1.63. The molecule has 0 unspecified atom stereocenters. The second-order valence-corrected chi connectivity index (χ2v) is 2.76. The highest BCUT2D eigenvalue weighted by molar-refractivity contribution is 6.61. The number of rotatable bonds is 0. The van der Waals surface area contributed by atoms with Crippen LogP contribution in [0.4, 0.5) is 0 Å². The highest BCUT2D eigenvalue weighted by Gasteiger charge is 2.27. The first kappa shape index (κ1) is 7.09. The molecule has 1 aromatic heterocycles. The predicted molar refractivity (Wildman–Crippen MR) is 41.6 cm³/mol.